The van der Waals surface area contributed by atoms with Crippen LogP contribution in [-0.4, -0.2) is 57.6 Å². The van der Waals surface area contributed by atoms with Gasteiger partial charge in [0.2, 0.25) is 0 Å². The highest BCUT2D eigenvalue weighted by atomic mass is 16.5. The van der Waals surface area contributed by atoms with Crippen LogP contribution >= 0.6 is 0 Å². The van der Waals surface area contributed by atoms with Gasteiger partial charge in [-0.25, -0.2) is 0 Å². The number of fused-ring (bicyclic) bond motifs is 1. The summed E-state index contributed by atoms with van der Waals surface area (Å²) >= 11 is 0. The summed E-state index contributed by atoms with van der Waals surface area (Å²) in [7, 11) is 0. The summed E-state index contributed by atoms with van der Waals surface area (Å²) < 4.78 is 11.9. The first-order chi connectivity index (χ1) is 17.3. The number of amides is 1. The molecule has 192 valence electrons. The molecule has 8 heteroatoms. The maximum Gasteiger partial charge on any atom is 0.273 e. The van der Waals surface area contributed by atoms with Crippen molar-refractivity contribution in [1.29, 1.82) is 0 Å². The van der Waals surface area contributed by atoms with Gasteiger partial charge in [0.15, 0.2) is 11.5 Å². The zero-order valence-electron chi connectivity index (χ0n) is 21.6. The summed E-state index contributed by atoms with van der Waals surface area (Å²) in [6.45, 7) is 11.1. The van der Waals surface area contributed by atoms with E-state index in [1.807, 2.05) is 45.0 Å². The third kappa shape index (κ3) is 4.78. The monoisotopic (exact) mass is 493 g/mol. The summed E-state index contributed by atoms with van der Waals surface area (Å²) in [6.07, 6.45) is 0.926. The van der Waals surface area contributed by atoms with Gasteiger partial charge in [-0.15, -0.1) is 0 Å². The number of aromatic nitrogens is 2. The molecule has 2 aromatic carbocycles. The maximum atomic E-state index is 13.3. The molecule has 3 aromatic rings. The van der Waals surface area contributed by atoms with E-state index < -0.39 is 6.04 Å². The number of nitrogens with zero attached hydrogens (tertiary/aromatic N) is 2. The second-order valence-corrected chi connectivity index (χ2v) is 9.63. The van der Waals surface area contributed by atoms with E-state index in [-0.39, 0.29) is 24.8 Å². The minimum atomic E-state index is -0.516. The van der Waals surface area contributed by atoms with Gasteiger partial charge >= 0.3 is 0 Å². The van der Waals surface area contributed by atoms with Crippen LogP contribution in [0.5, 0.6) is 17.2 Å². The van der Waals surface area contributed by atoms with Gasteiger partial charge in [0.05, 0.1) is 25.9 Å². The Kier molecular flexibility index (Phi) is 7.54. The molecule has 36 heavy (non-hydrogen) atoms. The van der Waals surface area contributed by atoms with Crippen LogP contribution in [0.2, 0.25) is 0 Å². The molecule has 1 atom stereocenters. The minimum absolute atomic E-state index is 0.109. The van der Waals surface area contributed by atoms with E-state index in [4.69, 9.17) is 9.47 Å². The number of carbonyl (C=O) groups is 1. The summed E-state index contributed by atoms with van der Waals surface area (Å²) in [5.41, 5.74) is 4.74. The number of aromatic amines is 1. The lowest BCUT2D eigenvalue weighted by molar-refractivity contribution is 0.0706. The Hall–Kier alpha value is -3.52. The zero-order chi connectivity index (χ0) is 26.0. The predicted octanol–water partition coefficient (Wildman–Crippen LogP) is 4.76. The van der Waals surface area contributed by atoms with Crippen LogP contribution in [0.25, 0.3) is 11.3 Å². The fourth-order valence-corrected chi connectivity index (χ4v) is 4.81. The van der Waals surface area contributed by atoms with E-state index in [1.165, 1.54) is 0 Å². The molecule has 0 saturated heterocycles. The number of phenols is 1. The van der Waals surface area contributed by atoms with Crippen LogP contribution in [0.4, 0.5) is 0 Å². The lowest BCUT2D eigenvalue weighted by atomic mass is 9.93. The molecule has 0 bridgehead atoms. The number of H-pyrrole nitrogens is 1. The molecule has 1 amide bonds. The van der Waals surface area contributed by atoms with Crippen molar-refractivity contribution in [3.05, 3.63) is 58.3 Å². The Morgan fingerprint density at radius 1 is 1.14 bits per heavy atom. The fraction of sp³-hybridized carbons (Fsp3) is 0.429. The zero-order valence-corrected chi connectivity index (χ0v) is 21.6. The van der Waals surface area contributed by atoms with E-state index in [9.17, 15) is 15.0 Å². The average molecular weight is 494 g/mol. The number of benzene rings is 2. The number of nitrogens with one attached hydrogen (secondary N) is 1. The topological polar surface area (TPSA) is 108 Å². The Morgan fingerprint density at radius 2 is 1.92 bits per heavy atom. The van der Waals surface area contributed by atoms with Gasteiger partial charge in [0.25, 0.3) is 5.91 Å². The van der Waals surface area contributed by atoms with E-state index in [0.717, 1.165) is 23.1 Å². The summed E-state index contributed by atoms with van der Waals surface area (Å²) in [6, 6.07) is 8.83. The number of aromatic hydroxyl groups is 1. The number of aliphatic hydroxyl groups excluding tert-OH is 1. The van der Waals surface area contributed by atoms with Crippen molar-refractivity contribution in [2.45, 2.75) is 47.1 Å². The van der Waals surface area contributed by atoms with Crippen LogP contribution in [0, 0.1) is 19.8 Å². The van der Waals surface area contributed by atoms with Gasteiger partial charge in [-0.3, -0.25) is 9.89 Å². The van der Waals surface area contributed by atoms with Crippen LogP contribution in [0.1, 0.15) is 66.0 Å². The molecule has 0 aliphatic carbocycles. The van der Waals surface area contributed by atoms with Crippen LogP contribution in [0.3, 0.4) is 0 Å². The van der Waals surface area contributed by atoms with Gasteiger partial charge in [-0.05, 0) is 68.0 Å². The third-order valence-electron chi connectivity index (χ3n) is 6.44. The predicted molar refractivity (Wildman–Crippen MR) is 138 cm³/mol. The normalized spacial score (nSPS) is 15.0. The number of β-amino-alcohol motifs (C(OH)–C–C–N with tert-alkyl or cyclic N) is 1. The Balaban J connectivity index is 1.82. The molecule has 1 unspecified atom stereocenters. The van der Waals surface area contributed by atoms with E-state index in [0.29, 0.717) is 53.1 Å². The highest BCUT2D eigenvalue weighted by molar-refractivity contribution is 6.00. The molecule has 1 aliphatic heterocycles. The van der Waals surface area contributed by atoms with E-state index in [2.05, 4.69) is 24.0 Å². The third-order valence-corrected chi connectivity index (χ3v) is 6.44. The number of hydrogen-bond donors (Lipinski definition) is 3. The van der Waals surface area contributed by atoms with Crippen LogP contribution in [-0.2, 0) is 0 Å². The number of aryl methyl sites for hydroxylation is 2. The number of aliphatic hydroxyl groups is 1. The maximum absolute atomic E-state index is 13.3. The summed E-state index contributed by atoms with van der Waals surface area (Å²) in [5.74, 6) is 1.64. The molecule has 4 rings (SSSR count). The van der Waals surface area contributed by atoms with Gasteiger partial charge in [0, 0.05) is 17.7 Å². The SMILES string of the molecule is CCOc1cc(C2c3c(-c4c(C)cc(C)cc4O)n[nH]c3C(=O)N2CCO)ccc1OCCC(C)C. The molecule has 0 spiro atoms. The highest BCUT2D eigenvalue weighted by Crippen LogP contribution is 2.46. The van der Waals surface area contributed by atoms with Gasteiger partial charge in [-0.2, -0.15) is 5.10 Å². The first kappa shape index (κ1) is 25.6. The largest absolute Gasteiger partial charge is 0.507 e. The molecule has 0 fully saturated rings. The highest BCUT2D eigenvalue weighted by Gasteiger charge is 2.42. The second kappa shape index (κ2) is 10.6. The van der Waals surface area contributed by atoms with Crippen molar-refractivity contribution in [2.24, 2.45) is 5.92 Å². The standard InChI is InChI=1S/C28H35N3O5/c1-6-35-22-15-19(7-8-21(22)36-12-9-16(2)3)27-24-25(23-18(5)13-17(4)14-20(23)33)29-30-26(24)28(34)31(27)10-11-32/h7-8,13-16,27,32-33H,6,9-12H2,1-5H3,(H,29,30). The van der Waals surface area contributed by atoms with Gasteiger partial charge < -0.3 is 24.6 Å². The van der Waals surface area contributed by atoms with Crippen molar-refractivity contribution in [3.63, 3.8) is 0 Å². The molecular weight excluding hydrogens is 458 g/mol. The van der Waals surface area contributed by atoms with Crippen molar-refractivity contribution < 1.29 is 24.5 Å². The fourth-order valence-electron chi connectivity index (χ4n) is 4.81. The Labute approximate surface area is 211 Å². The van der Waals surface area contributed by atoms with Crippen molar-refractivity contribution in [3.8, 4) is 28.5 Å². The smallest absolute Gasteiger partial charge is 0.273 e. The van der Waals surface area contributed by atoms with Crippen molar-refractivity contribution in [2.75, 3.05) is 26.4 Å². The summed E-state index contributed by atoms with van der Waals surface area (Å²) in [5, 5.41) is 27.9. The molecular formula is C28H35N3O5. The number of ether oxygens (including phenoxy) is 2. The molecule has 1 aromatic heterocycles. The van der Waals surface area contributed by atoms with Crippen LogP contribution in [0.15, 0.2) is 30.3 Å². The second-order valence-electron chi connectivity index (χ2n) is 9.63. The molecule has 3 N–H and O–H groups in total. The first-order valence-electron chi connectivity index (χ1n) is 12.5. The van der Waals surface area contributed by atoms with Crippen molar-refractivity contribution in [1.82, 2.24) is 15.1 Å². The van der Waals surface area contributed by atoms with E-state index in [1.54, 1.807) is 11.0 Å². The Morgan fingerprint density at radius 3 is 2.58 bits per heavy atom. The molecule has 1 aliphatic rings. The number of phenolic OH excluding ortho intramolecular Hbond substituents is 1. The molecule has 0 saturated carbocycles. The Bertz CT molecular complexity index is 1230. The van der Waals surface area contributed by atoms with Gasteiger partial charge in [-0.1, -0.05) is 26.0 Å². The summed E-state index contributed by atoms with van der Waals surface area (Å²) in [4.78, 5) is 15.0. The number of hydrogen-bond acceptors (Lipinski definition) is 6. The van der Waals surface area contributed by atoms with E-state index >= 15 is 0 Å². The van der Waals surface area contributed by atoms with Crippen molar-refractivity contribution >= 4 is 5.91 Å². The molecule has 0 radical (unpaired) electrons. The van der Waals surface area contributed by atoms with Gasteiger partial charge in [0.1, 0.15) is 17.1 Å². The molecule has 2 heterocycles. The minimum Gasteiger partial charge on any atom is -0.507 e. The lowest BCUT2D eigenvalue weighted by Gasteiger charge is -2.26. The number of rotatable bonds is 10. The van der Waals surface area contributed by atoms with Crippen LogP contribution < -0.4 is 9.47 Å². The first-order valence-corrected chi connectivity index (χ1v) is 12.5. The lowest BCUT2D eigenvalue weighted by Crippen LogP contribution is -2.32. The molecule has 8 nitrogen and oxygen atoms in total. The average Bonchev–Trinajstić information content (AvgIpc) is 3.34. The number of carbonyl (C=O) groups excluding carboxylic acids is 1. The quantitative estimate of drug-likeness (QED) is 0.376.